The molecule has 0 radical (unpaired) electrons. The van der Waals surface area contributed by atoms with Crippen molar-refractivity contribution in [2.24, 2.45) is 24.8 Å². The van der Waals surface area contributed by atoms with E-state index in [0.29, 0.717) is 11.8 Å². The summed E-state index contributed by atoms with van der Waals surface area (Å²) in [4.78, 5) is 23.2. The number of hydrogen-bond acceptors (Lipinski definition) is 4. The van der Waals surface area contributed by atoms with Crippen molar-refractivity contribution in [2.75, 3.05) is 0 Å². The molecule has 0 saturated heterocycles. The maximum atomic E-state index is 12.5. The lowest BCUT2D eigenvalue weighted by Gasteiger charge is -2.28. The number of nitrogens with one attached hydrogen (secondary N) is 1. The first-order chi connectivity index (χ1) is 10.4. The molecule has 2 saturated carbocycles. The molecule has 0 aliphatic heterocycles. The first-order valence-corrected chi connectivity index (χ1v) is 7.87. The average Bonchev–Trinajstić information content (AvgIpc) is 3.11. The van der Waals surface area contributed by atoms with Gasteiger partial charge in [-0.2, -0.15) is 5.10 Å². The Morgan fingerprint density at radius 2 is 2.18 bits per heavy atom. The molecule has 1 aromatic heterocycles. The molecule has 120 valence electrons. The highest BCUT2D eigenvalue weighted by Crippen LogP contribution is 2.49. The predicted octanol–water partition coefficient (Wildman–Crippen LogP) is 2.19. The SMILES string of the molecule is Cc1nn(C)c(C(=O)N[C@@H](C)[C@@H]2C[C@@H]3CC[C@@H]2C3)c1[N+](=O)[O-]. The van der Waals surface area contributed by atoms with Crippen LogP contribution in [0.4, 0.5) is 5.69 Å². The standard InChI is InChI=1S/C15H22N4O3/c1-8(12-7-10-4-5-11(12)6-10)16-15(20)14-13(19(21)22)9(2)17-18(14)3/h8,10-12H,4-7H2,1-3H3,(H,16,20)/t8-,10+,11+,12-/m0/s1. The zero-order valence-corrected chi connectivity index (χ0v) is 13.2. The summed E-state index contributed by atoms with van der Waals surface area (Å²) in [6.45, 7) is 3.56. The molecule has 1 N–H and O–H groups in total. The molecular weight excluding hydrogens is 284 g/mol. The fourth-order valence-corrected chi connectivity index (χ4v) is 4.41. The molecule has 1 aromatic rings. The number of nitrogens with zero attached hydrogens (tertiary/aromatic N) is 3. The van der Waals surface area contributed by atoms with Crippen molar-refractivity contribution in [3.63, 3.8) is 0 Å². The van der Waals surface area contributed by atoms with Gasteiger partial charge in [0.05, 0.1) is 4.92 Å². The number of nitro groups is 1. The molecule has 3 rings (SSSR count). The maximum absolute atomic E-state index is 12.5. The lowest BCUT2D eigenvalue weighted by molar-refractivity contribution is -0.385. The average molecular weight is 306 g/mol. The molecule has 1 heterocycles. The number of amides is 1. The van der Waals surface area contributed by atoms with Gasteiger partial charge in [-0.3, -0.25) is 19.6 Å². The molecule has 2 aliphatic carbocycles. The zero-order valence-electron chi connectivity index (χ0n) is 13.2. The van der Waals surface area contributed by atoms with E-state index in [1.807, 2.05) is 6.92 Å². The summed E-state index contributed by atoms with van der Waals surface area (Å²) in [5.74, 6) is 1.60. The summed E-state index contributed by atoms with van der Waals surface area (Å²) in [7, 11) is 1.57. The first-order valence-electron chi connectivity index (χ1n) is 7.87. The van der Waals surface area contributed by atoms with Gasteiger partial charge in [0.15, 0.2) is 0 Å². The summed E-state index contributed by atoms with van der Waals surface area (Å²) >= 11 is 0. The lowest BCUT2D eigenvalue weighted by Crippen LogP contribution is -2.41. The van der Waals surface area contributed by atoms with Crippen molar-refractivity contribution in [3.8, 4) is 0 Å². The molecule has 22 heavy (non-hydrogen) atoms. The van der Waals surface area contributed by atoms with Crippen LogP contribution in [0.1, 0.15) is 48.8 Å². The van der Waals surface area contributed by atoms with Gasteiger partial charge in [0, 0.05) is 13.1 Å². The Kier molecular flexibility index (Phi) is 3.66. The lowest BCUT2D eigenvalue weighted by atomic mass is 9.84. The van der Waals surface area contributed by atoms with Gasteiger partial charge in [0.2, 0.25) is 5.69 Å². The molecule has 2 bridgehead atoms. The monoisotopic (exact) mass is 306 g/mol. The Bertz CT molecular complexity index is 625. The Morgan fingerprint density at radius 1 is 1.45 bits per heavy atom. The second kappa shape index (κ2) is 5.37. The summed E-state index contributed by atoms with van der Waals surface area (Å²) in [6.07, 6.45) is 5.00. The third-order valence-electron chi connectivity index (χ3n) is 5.38. The minimum Gasteiger partial charge on any atom is -0.348 e. The van der Waals surface area contributed by atoms with Crippen molar-refractivity contribution in [2.45, 2.75) is 45.6 Å². The van der Waals surface area contributed by atoms with E-state index in [0.717, 1.165) is 5.92 Å². The molecule has 4 atom stereocenters. The van der Waals surface area contributed by atoms with Crippen LogP contribution in [-0.2, 0) is 7.05 Å². The van der Waals surface area contributed by atoms with Crippen molar-refractivity contribution in [1.82, 2.24) is 15.1 Å². The van der Waals surface area contributed by atoms with E-state index in [1.165, 1.54) is 30.4 Å². The normalized spacial score (nSPS) is 27.9. The summed E-state index contributed by atoms with van der Waals surface area (Å²) in [5.41, 5.74) is 0.114. The van der Waals surface area contributed by atoms with Crippen LogP contribution in [0.15, 0.2) is 0 Å². The van der Waals surface area contributed by atoms with Crippen LogP contribution in [-0.4, -0.2) is 26.7 Å². The van der Waals surface area contributed by atoms with Crippen molar-refractivity contribution in [3.05, 3.63) is 21.5 Å². The van der Waals surface area contributed by atoms with Crippen LogP contribution >= 0.6 is 0 Å². The van der Waals surface area contributed by atoms with Gasteiger partial charge in [-0.05, 0) is 50.9 Å². The van der Waals surface area contributed by atoms with Crippen LogP contribution < -0.4 is 5.32 Å². The number of fused-ring (bicyclic) bond motifs is 2. The molecule has 0 aromatic carbocycles. The second-order valence-electron chi connectivity index (χ2n) is 6.76. The molecule has 0 spiro atoms. The zero-order chi connectivity index (χ0) is 16.0. The van der Waals surface area contributed by atoms with Gasteiger partial charge in [0.1, 0.15) is 5.69 Å². The van der Waals surface area contributed by atoms with Crippen LogP contribution in [0.3, 0.4) is 0 Å². The van der Waals surface area contributed by atoms with Gasteiger partial charge < -0.3 is 5.32 Å². The second-order valence-corrected chi connectivity index (χ2v) is 6.76. The Balaban J connectivity index is 1.76. The van der Waals surface area contributed by atoms with E-state index in [4.69, 9.17) is 0 Å². The third kappa shape index (κ3) is 2.38. The van der Waals surface area contributed by atoms with E-state index in [-0.39, 0.29) is 23.1 Å². The Labute approximate surface area is 129 Å². The third-order valence-corrected chi connectivity index (χ3v) is 5.38. The van der Waals surface area contributed by atoms with Crippen LogP contribution in [0.5, 0.6) is 0 Å². The number of rotatable bonds is 4. The summed E-state index contributed by atoms with van der Waals surface area (Å²) in [6, 6.07) is 0.0395. The highest BCUT2D eigenvalue weighted by atomic mass is 16.6. The van der Waals surface area contributed by atoms with Crippen molar-refractivity contribution < 1.29 is 9.72 Å². The highest BCUT2D eigenvalue weighted by molar-refractivity contribution is 5.97. The number of carbonyl (C=O) groups excluding carboxylic acids is 1. The van der Waals surface area contributed by atoms with E-state index < -0.39 is 10.8 Å². The molecule has 2 aliphatic rings. The quantitative estimate of drug-likeness (QED) is 0.682. The van der Waals surface area contributed by atoms with Crippen molar-refractivity contribution >= 4 is 11.6 Å². The van der Waals surface area contributed by atoms with Crippen LogP contribution in [0.25, 0.3) is 0 Å². The topological polar surface area (TPSA) is 90.1 Å². The van der Waals surface area contributed by atoms with E-state index in [2.05, 4.69) is 10.4 Å². The molecule has 1 amide bonds. The molecular formula is C15H22N4O3. The fourth-order valence-electron chi connectivity index (χ4n) is 4.41. The number of hydrogen-bond donors (Lipinski definition) is 1. The molecule has 7 nitrogen and oxygen atoms in total. The smallest absolute Gasteiger partial charge is 0.322 e. The highest BCUT2D eigenvalue weighted by Gasteiger charge is 2.42. The van der Waals surface area contributed by atoms with Gasteiger partial charge in [-0.1, -0.05) is 6.42 Å². The molecule has 0 unspecified atom stereocenters. The summed E-state index contributed by atoms with van der Waals surface area (Å²) < 4.78 is 1.30. The van der Waals surface area contributed by atoms with Gasteiger partial charge >= 0.3 is 5.69 Å². The fraction of sp³-hybridized carbons (Fsp3) is 0.733. The first kappa shape index (κ1) is 15.0. The van der Waals surface area contributed by atoms with Gasteiger partial charge in [-0.25, -0.2) is 0 Å². The number of carbonyl (C=O) groups is 1. The maximum Gasteiger partial charge on any atom is 0.322 e. The largest absolute Gasteiger partial charge is 0.348 e. The van der Waals surface area contributed by atoms with Crippen LogP contribution in [0, 0.1) is 34.8 Å². The minimum atomic E-state index is -0.528. The number of aromatic nitrogens is 2. The molecule has 2 fully saturated rings. The van der Waals surface area contributed by atoms with Gasteiger partial charge in [0.25, 0.3) is 5.91 Å². The van der Waals surface area contributed by atoms with Crippen LogP contribution in [0.2, 0.25) is 0 Å². The van der Waals surface area contributed by atoms with E-state index in [1.54, 1.807) is 14.0 Å². The Morgan fingerprint density at radius 3 is 2.73 bits per heavy atom. The summed E-state index contributed by atoms with van der Waals surface area (Å²) in [5, 5.41) is 18.2. The van der Waals surface area contributed by atoms with Gasteiger partial charge in [-0.15, -0.1) is 0 Å². The van der Waals surface area contributed by atoms with Crippen molar-refractivity contribution in [1.29, 1.82) is 0 Å². The minimum absolute atomic E-state index is 0.0394. The predicted molar refractivity (Wildman–Crippen MR) is 80.5 cm³/mol. The molecule has 7 heteroatoms. The Hall–Kier alpha value is -1.92. The van der Waals surface area contributed by atoms with E-state index >= 15 is 0 Å². The number of aryl methyl sites for hydroxylation is 2. The van der Waals surface area contributed by atoms with E-state index in [9.17, 15) is 14.9 Å².